The Hall–Kier alpha value is -1.00. The molecule has 1 saturated heterocycles. The quantitative estimate of drug-likeness (QED) is 0.881. The number of likely N-dealkylation sites (tertiary alicyclic amines) is 1. The third kappa shape index (κ3) is 3.23. The molecule has 1 fully saturated rings. The minimum absolute atomic E-state index is 0. The van der Waals surface area contributed by atoms with Gasteiger partial charge in [0.2, 0.25) is 0 Å². The third-order valence-corrected chi connectivity index (χ3v) is 3.22. The van der Waals surface area contributed by atoms with E-state index in [0.717, 1.165) is 25.9 Å². The Morgan fingerprint density at radius 3 is 3.00 bits per heavy atom. The van der Waals surface area contributed by atoms with E-state index in [2.05, 4.69) is 0 Å². The summed E-state index contributed by atoms with van der Waals surface area (Å²) in [5, 5.41) is 0. The molecular weight excluding hydrogens is 240 g/mol. The maximum absolute atomic E-state index is 12.0. The van der Waals surface area contributed by atoms with E-state index in [9.17, 15) is 4.79 Å². The zero-order chi connectivity index (χ0) is 11.5. The van der Waals surface area contributed by atoms with Gasteiger partial charge in [-0.25, -0.2) is 0 Å². The molecule has 2 atom stereocenters. The first kappa shape index (κ1) is 14.1. The third-order valence-electron chi connectivity index (χ3n) is 3.22. The minimum Gasteiger partial charge on any atom is -0.459 e. The van der Waals surface area contributed by atoms with Gasteiger partial charge >= 0.3 is 0 Å². The second-order valence-corrected chi connectivity index (χ2v) is 4.49. The summed E-state index contributed by atoms with van der Waals surface area (Å²) < 4.78 is 5.12. The molecule has 4 nitrogen and oxygen atoms in total. The van der Waals surface area contributed by atoms with Crippen LogP contribution in [-0.4, -0.2) is 29.9 Å². The van der Waals surface area contributed by atoms with Crippen LogP contribution in [0.4, 0.5) is 0 Å². The molecule has 0 spiro atoms. The van der Waals surface area contributed by atoms with Crippen molar-refractivity contribution in [1.82, 2.24) is 4.90 Å². The van der Waals surface area contributed by atoms with Gasteiger partial charge in [-0.2, -0.15) is 0 Å². The van der Waals surface area contributed by atoms with Crippen LogP contribution in [0.2, 0.25) is 0 Å². The van der Waals surface area contributed by atoms with E-state index in [1.165, 1.54) is 6.26 Å². The van der Waals surface area contributed by atoms with E-state index in [-0.39, 0.29) is 24.4 Å². The Kier molecular flexibility index (Phi) is 5.02. The SMILES string of the molecule is CC(N)C1CCCN(C(=O)c2ccco2)C1.Cl. The van der Waals surface area contributed by atoms with Crippen LogP contribution in [0.3, 0.4) is 0 Å². The predicted octanol–water partition coefficient (Wildman–Crippen LogP) is 1.90. The summed E-state index contributed by atoms with van der Waals surface area (Å²) in [6, 6.07) is 3.59. The van der Waals surface area contributed by atoms with Crippen LogP contribution in [0.1, 0.15) is 30.3 Å². The lowest BCUT2D eigenvalue weighted by Gasteiger charge is -2.34. The molecule has 1 amide bonds. The highest BCUT2D eigenvalue weighted by Gasteiger charge is 2.27. The topological polar surface area (TPSA) is 59.5 Å². The molecule has 2 unspecified atom stereocenters. The number of amides is 1. The lowest BCUT2D eigenvalue weighted by atomic mass is 9.92. The molecule has 5 heteroatoms. The van der Waals surface area contributed by atoms with E-state index in [1.807, 2.05) is 11.8 Å². The predicted molar refractivity (Wildman–Crippen MR) is 68.2 cm³/mol. The zero-order valence-electron chi connectivity index (χ0n) is 9.96. The monoisotopic (exact) mass is 258 g/mol. The van der Waals surface area contributed by atoms with E-state index >= 15 is 0 Å². The van der Waals surface area contributed by atoms with Gasteiger partial charge in [0, 0.05) is 19.1 Å². The largest absolute Gasteiger partial charge is 0.459 e. The Bertz CT molecular complexity index is 351. The molecule has 1 aromatic heterocycles. The number of furan rings is 1. The number of piperidine rings is 1. The lowest BCUT2D eigenvalue weighted by molar-refractivity contribution is 0.0629. The van der Waals surface area contributed by atoms with E-state index in [4.69, 9.17) is 10.2 Å². The molecule has 2 rings (SSSR count). The summed E-state index contributed by atoms with van der Waals surface area (Å²) in [6.07, 6.45) is 3.67. The fourth-order valence-electron chi connectivity index (χ4n) is 2.18. The minimum atomic E-state index is -0.0182. The number of nitrogens with two attached hydrogens (primary N) is 1. The maximum atomic E-state index is 12.0. The molecule has 96 valence electrons. The Morgan fingerprint density at radius 1 is 1.65 bits per heavy atom. The highest BCUT2D eigenvalue weighted by molar-refractivity contribution is 5.91. The van der Waals surface area contributed by atoms with Gasteiger partial charge in [-0.05, 0) is 37.8 Å². The van der Waals surface area contributed by atoms with Crippen LogP contribution in [0, 0.1) is 5.92 Å². The highest BCUT2D eigenvalue weighted by atomic mass is 35.5. The molecule has 17 heavy (non-hydrogen) atoms. The van der Waals surface area contributed by atoms with Crippen LogP contribution in [-0.2, 0) is 0 Å². The summed E-state index contributed by atoms with van der Waals surface area (Å²) in [4.78, 5) is 13.9. The first-order valence-electron chi connectivity index (χ1n) is 5.77. The molecule has 0 radical (unpaired) electrons. The molecule has 0 aromatic carbocycles. The summed E-state index contributed by atoms with van der Waals surface area (Å²) in [5.74, 6) is 0.813. The average Bonchev–Trinajstić information content (AvgIpc) is 2.81. The number of hydrogen-bond donors (Lipinski definition) is 1. The van der Waals surface area contributed by atoms with Gasteiger partial charge < -0.3 is 15.1 Å². The van der Waals surface area contributed by atoms with Crippen molar-refractivity contribution < 1.29 is 9.21 Å². The fourth-order valence-corrected chi connectivity index (χ4v) is 2.18. The standard InChI is InChI=1S/C12H18N2O2.ClH/c1-9(13)10-4-2-6-14(8-10)12(15)11-5-3-7-16-11;/h3,5,7,9-10H,2,4,6,8,13H2,1H3;1H. The second-order valence-electron chi connectivity index (χ2n) is 4.49. The number of carbonyl (C=O) groups is 1. The molecule has 2 heterocycles. The van der Waals surface area contributed by atoms with E-state index in [1.54, 1.807) is 12.1 Å². The summed E-state index contributed by atoms with van der Waals surface area (Å²) in [7, 11) is 0. The Labute approximate surface area is 108 Å². The number of rotatable bonds is 2. The van der Waals surface area contributed by atoms with Gasteiger partial charge in [-0.15, -0.1) is 12.4 Å². The van der Waals surface area contributed by atoms with Crippen molar-refractivity contribution in [2.24, 2.45) is 11.7 Å². The maximum Gasteiger partial charge on any atom is 0.289 e. The van der Waals surface area contributed by atoms with Crippen molar-refractivity contribution in [3.63, 3.8) is 0 Å². The van der Waals surface area contributed by atoms with E-state index in [0.29, 0.717) is 11.7 Å². The van der Waals surface area contributed by atoms with Crippen LogP contribution in [0.5, 0.6) is 0 Å². The van der Waals surface area contributed by atoms with Gasteiger partial charge in [-0.3, -0.25) is 4.79 Å². The summed E-state index contributed by atoms with van der Waals surface area (Å²) in [6.45, 7) is 3.56. The Balaban J connectivity index is 0.00000144. The first-order chi connectivity index (χ1) is 7.68. The van der Waals surface area contributed by atoms with Gasteiger partial charge in [0.1, 0.15) is 0 Å². The highest BCUT2D eigenvalue weighted by Crippen LogP contribution is 2.20. The van der Waals surface area contributed by atoms with Crippen molar-refractivity contribution in [2.45, 2.75) is 25.8 Å². The summed E-state index contributed by atoms with van der Waals surface area (Å²) >= 11 is 0. The van der Waals surface area contributed by atoms with E-state index < -0.39 is 0 Å². The molecule has 0 aliphatic carbocycles. The smallest absolute Gasteiger partial charge is 0.289 e. The van der Waals surface area contributed by atoms with Gasteiger partial charge in [0.25, 0.3) is 5.91 Å². The molecule has 0 saturated carbocycles. The van der Waals surface area contributed by atoms with Gasteiger partial charge in [0.15, 0.2) is 5.76 Å². The summed E-state index contributed by atoms with van der Waals surface area (Å²) in [5.41, 5.74) is 5.89. The first-order valence-corrected chi connectivity index (χ1v) is 5.77. The molecule has 1 aromatic rings. The van der Waals surface area contributed by atoms with Crippen molar-refractivity contribution in [3.8, 4) is 0 Å². The molecular formula is C12H19ClN2O2. The molecule has 1 aliphatic rings. The van der Waals surface area contributed by atoms with Gasteiger partial charge in [0.05, 0.1) is 6.26 Å². The van der Waals surface area contributed by atoms with Crippen molar-refractivity contribution in [1.29, 1.82) is 0 Å². The van der Waals surface area contributed by atoms with Crippen LogP contribution in [0.25, 0.3) is 0 Å². The van der Waals surface area contributed by atoms with Crippen molar-refractivity contribution in [2.75, 3.05) is 13.1 Å². The van der Waals surface area contributed by atoms with Crippen LogP contribution < -0.4 is 5.73 Å². The number of halogens is 1. The number of carbonyl (C=O) groups excluding carboxylic acids is 1. The van der Waals surface area contributed by atoms with Gasteiger partial charge in [-0.1, -0.05) is 0 Å². The molecule has 2 N–H and O–H groups in total. The normalized spacial score (nSPS) is 21.8. The molecule has 1 aliphatic heterocycles. The second kappa shape index (κ2) is 6.07. The Morgan fingerprint density at radius 2 is 2.41 bits per heavy atom. The van der Waals surface area contributed by atoms with Crippen LogP contribution in [0.15, 0.2) is 22.8 Å². The van der Waals surface area contributed by atoms with Crippen LogP contribution >= 0.6 is 12.4 Å². The number of nitrogens with zero attached hydrogens (tertiary/aromatic N) is 1. The average molecular weight is 259 g/mol. The zero-order valence-corrected chi connectivity index (χ0v) is 10.8. The number of hydrogen-bond acceptors (Lipinski definition) is 3. The van der Waals surface area contributed by atoms with Crippen molar-refractivity contribution >= 4 is 18.3 Å². The van der Waals surface area contributed by atoms with Crippen molar-refractivity contribution in [3.05, 3.63) is 24.2 Å². The fraction of sp³-hybridized carbons (Fsp3) is 0.583. The lowest BCUT2D eigenvalue weighted by Crippen LogP contribution is -2.44. The molecule has 0 bridgehead atoms.